The van der Waals surface area contributed by atoms with Crippen molar-refractivity contribution >= 4 is 11.9 Å². The summed E-state index contributed by atoms with van der Waals surface area (Å²) in [4.78, 5) is 18.5. The molecule has 16 heavy (non-hydrogen) atoms. The molecule has 88 valence electrons. The second kappa shape index (κ2) is 5.15. The maximum atomic E-state index is 10.6. The lowest BCUT2D eigenvalue weighted by Gasteiger charge is -2.10. The monoisotopic (exact) mass is 227 g/mol. The molecule has 0 saturated heterocycles. The molecule has 7 heteroatoms. The number of rotatable bonds is 5. The van der Waals surface area contributed by atoms with E-state index in [9.17, 15) is 4.79 Å². The van der Waals surface area contributed by atoms with E-state index in [0.29, 0.717) is 11.8 Å². The van der Waals surface area contributed by atoms with Crippen LogP contribution in [0.2, 0.25) is 0 Å². The summed E-state index contributed by atoms with van der Waals surface area (Å²) >= 11 is 0. The van der Waals surface area contributed by atoms with Crippen molar-refractivity contribution in [3.63, 3.8) is 0 Å². The largest absolute Gasteiger partial charge is 0.481 e. The lowest BCUT2D eigenvalue weighted by Crippen LogP contribution is -2.26. The highest BCUT2D eigenvalue weighted by atomic mass is 16.5. The number of methoxy groups -OCH3 is 2. The number of nitrogens with zero attached hydrogens (tertiary/aromatic N) is 2. The molecule has 0 aromatic carbocycles. The summed E-state index contributed by atoms with van der Waals surface area (Å²) in [6.07, 6.45) is 0. The quantitative estimate of drug-likeness (QED) is 0.750. The molecule has 1 heterocycles. The van der Waals surface area contributed by atoms with Crippen molar-refractivity contribution in [2.75, 3.05) is 19.5 Å². The Morgan fingerprint density at radius 3 is 2.25 bits per heavy atom. The molecule has 0 radical (unpaired) electrons. The third kappa shape index (κ3) is 2.97. The summed E-state index contributed by atoms with van der Waals surface area (Å²) in [6.45, 7) is 1.48. The van der Waals surface area contributed by atoms with Gasteiger partial charge in [0.1, 0.15) is 6.04 Å². The van der Waals surface area contributed by atoms with Crippen molar-refractivity contribution in [2.45, 2.75) is 13.0 Å². The summed E-state index contributed by atoms with van der Waals surface area (Å²) in [5.74, 6) is -0.254. The van der Waals surface area contributed by atoms with Crippen molar-refractivity contribution in [2.24, 2.45) is 0 Å². The Bertz CT molecular complexity index is 361. The molecule has 1 aromatic rings. The van der Waals surface area contributed by atoms with Gasteiger partial charge in [0.15, 0.2) is 0 Å². The van der Waals surface area contributed by atoms with Crippen molar-refractivity contribution in [1.29, 1.82) is 0 Å². The van der Waals surface area contributed by atoms with Crippen LogP contribution in [0.5, 0.6) is 11.8 Å². The summed E-state index contributed by atoms with van der Waals surface area (Å²) in [5, 5.41) is 11.3. The lowest BCUT2D eigenvalue weighted by molar-refractivity contribution is -0.137. The first-order valence-corrected chi connectivity index (χ1v) is 4.53. The van der Waals surface area contributed by atoms with Crippen molar-refractivity contribution < 1.29 is 19.4 Å². The van der Waals surface area contributed by atoms with Crippen molar-refractivity contribution in [3.05, 3.63) is 6.07 Å². The zero-order valence-corrected chi connectivity index (χ0v) is 9.22. The molecule has 1 aromatic heterocycles. The van der Waals surface area contributed by atoms with Crippen LogP contribution in [0.3, 0.4) is 0 Å². The predicted molar refractivity (Wildman–Crippen MR) is 55.9 cm³/mol. The number of nitrogens with one attached hydrogen (secondary N) is 1. The fourth-order valence-electron chi connectivity index (χ4n) is 0.933. The van der Waals surface area contributed by atoms with Gasteiger partial charge in [-0.3, -0.25) is 4.79 Å². The number of aliphatic carboxylic acids is 1. The van der Waals surface area contributed by atoms with Crippen LogP contribution in [0.4, 0.5) is 5.95 Å². The van der Waals surface area contributed by atoms with E-state index in [1.54, 1.807) is 0 Å². The van der Waals surface area contributed by atoms with Crippen LogP contribution in [0, 0.1) is 0 Å². The molecule has 0 unspecified atom stereocenters. The second-order valence-corrected chi connectivity index (χ2v) is 2.98. The standard InChI is InChI=1S/C9H13N3O4/c1-5(8(13)14)10-9-11-6(15-2)4-7(12-9)16-3/h4-5H,1-3H3,(H,13,14)(H,10,11,12)/t5-/m1/s1. The van der Waals surface area contributed by atoms with E-state index in [-0.39, 0.29) is 5.95 Å². The Labute approximate surface area is 92.4 Å². The molecule has 0 amide bonds. The van der Waals surface area contributed by atoms with Crippen molar-refractivity contribution in [3.8, 4) is 11.8 Å². The van der Waals surface area contributed by atoms with Crippen LogP contribution in [-0.2, 0) is 4.79 Å². The first-order valence-electron chi connectivity index (χ1n) is 4.53. The molecule has 0 spiro atoms. The SMILES string of the molecule is COc1cc(OC)nc(N[C@H](C)C(=O)O)n1. The van der Waals surface area contributed by atoms with Crippen LogP contribution in [0.1, 0.15) is 6.92 Å². The van der Waals surface area contributed by atoms with E-state index >= 15 is 0 Å². The molecule has 0 fully saturated rings. The summed E-state index contributed by atoms with van der Waals surface area (Å²) in [6, 6.07) is 0.702. The van der Waals surface area contributed by atoms with E-state index in [1.807, 2.05) is 0 Å². The average molecular weight is 227 g/mol. The summed E-state index contributed by atoms with van der Waals surface area (Å²) in [7, 11) is 2.90. The maximum absolute atomic E-state index is 10.6. The molecule has 0 saturated carbocycles. The molecule has 1 rings (SSSR count). The van der Waals surface area contributed by atoms with Crippen LogP contribution >= 0.6 is 0 Å². The highest BCUT2D eigenvalue weighted by molar-refractivity contribution is 5.75. The fraction of sp³-hybridized carbons (Fsp3) is 0.444. The number of carbonyl (C=O) groups is 1. The molecular weight excluding hydrogens is 214 g/mol. The lowest BCUT2D eigenvalue weighted by atomic mass is 10.3. The zero-order chi connectivity index (χ0) is 12.1. The predicted octanol–water partition coefficient (Wildman–Crippen LogP) is 0.379. The summed E-state index contributed by atoms with van der Waals surface area (Å²) in [5.41, 5.74) is 0. The smallest absolute Gasteiger partial charge is 0.325 e. The number of hydrogen-bond acceptors (Lipinski definition) is 6. The van der Waals surface area contributed by atoms with Gasteiger partial charge in [0.25, 0.3) is 0 Å². The number of anilines is 1. The Balaban J connectivity index is 2.90. The number of aromatic nitrogens is 2. The topological polar surface area (TPSA) is 93.6 Å². The third-order valence-corrected chi connectivity index (χ3v) is 1.81. The van der Waals surface area contributed by atoms with Crippen LogP contribution in [-0.4, -0.2) is 41.3 Å². The number of hydrogen-bond donors (Lipinski definition) is 2. The number of carboxylic acids is 1. The van der Waals surface area contributed by atoms with Gasteiger partial charge < -0.3 is 19.9 Å². The Morgan fingerprint density at radius 2 is 1.88 bits per heavy atom. The van der Waals surface area contributed by atoms with Gasteiger partial charge in [0.2, 0.25) is 17.7 Å². The van der Waals surface area contributed by atoms with Crippen LogP contribution in [0.15, 0.2) is 6.07 Å². The molecule has 0 aliphatic rings. The molecule has 0 aliphatic heterocycles. The van der Waals surface area contributed by atoms with E-state index in [1.165, 1.54) is 27.2 Å². The minimum Gasteiger partial charge on any atom is -0.481 e. The van der Waals surface area contributed by atoms with E-state index in [2.05, 4.69) is 15.3 Å². The second-order valence-electron chi connectivity index (χ2n) is 2.98. The van der Waals surface area contributed by atoms with Gasteiger partial charge in [0, 0.05) is 0 Å². The Morgan fingerprint density at radius 1 is 1.38 bits per heavy atom. The molecular formula is C9H13N3O4. The molecule has 0 bridgehead atoms. The minimum atomic E-state index is -0.995. The van der Waals surface area contributed by atoms with Gasteiger partial charge in [-0.2, -0.15) is 9.97 Å². The number of carboxylic acid groups (broad SMARTS) is 1. The van der Waals surface area contributed by atoms with E-state index in [0.717, 1.165) is 0 Å². The molecule has 7 nitrogen and oxygen atoms in total. The minimum absolute atomic E-state index is 0.145. The van der Waals surface area contributed by atoms with Gasteiger partial charge in [0.05, 0.1) is 20.3 Å². The molecule has 2 N–H and O–H groups in total. The maximum Gasteiger partial charge on any atom is 0.325 e. The molecule has 0 aliphatic carbocycles. The first-order chi connectivity index (χ1) is 7.56. The van der Waals surface area contributed by atoms with E-state index in [4.69, 9.17) is 14.6 Å². The highest BCUT2D eigenvalue weighted by Crippen LogP contribution is 2.17. The van der Waals surface area contributed by atoms with Crippen molar-refractivity contribution in [1.82, 2.24) is 9.97 Å². The Kier molecular flexibility index (Phi) is 3.87. The van der Waals surface area contributed by atoms with Gasteiger partial charge in [-0.15, -0.1) is 0 Å². The average Bonchev–Trinajstić information content (AvgIpc) is 2.28. The summed E-state index contributed by atoms with van der Waals surface area (Å²) < 4.78 is 9.84. The van der Waals surface area contributed by atoms with Gasteiger partial charge in [-0.1, -0.05) is 0 Å². The van der Waals surface area contributed by atoms with Gasteiger partial charge in [-0.25, -0.2) is 0 Å². The highest BCUT2D eigenvalue weighted by Gasteiger charge is 2.13. The van der Waals surface area contributed by atoms with Crippen LogP contribution in [0.25, 0.3) is 0 Å². The van der Waals surface area contributed by atoms with Gasteiger partial charge in [-0.05, 0) is 6.92 Å². The first kappa shape index (κ1) is 12.0. The van der Waals surface area contributed by atoms with E-state index < -0.39 is 12.0 Å². The zero-order valence-electron chi connectivity index (χ0n) is 9.22. The molecule has 1 atom stereocenters. The fourth-order valence-corrected chi connectivity index (χ4v) is 0.933. The Hall–Kier alpha value is -2.05. The van der Waals surface area contributed by atoms with Gasteiger partial charge >= 0.3 is 5.97 Å². The van der Waals surface area contributed by atoms with Crippen LogP contribution < -0.4 is 14.8 Å². The normalized spacial score (nSPS) is 11.7. The third-order valence-electron chi connectivity index (χ3n) is 1.81. The number of ether oxygens (including phenoxy) is 2.